The molecule has 1 aromatic carbocycles. The van der Waals surface area contributed by atoms with Gasteiger partial charge in [0.15, 0.2) is 11.5 Å². The number of hydrogen-bond acceptors (Lipinski definition) is 3. The van der Waals surface area contributed by atoms with E-state index >= 15 is 0 Å². The SMILES string of the molecule is COc1c(Cl)cc(Br)cc1OC=O. The lowest BCUT2D eigenvalue weighted by Crippen LogP contribution is -1.94. The van der Waals surface area contributed by atoms with Gasteiger partial charge in [0.25, 0.3) is 6.47 Å². The fraction of sp³-hybridized carbons (Fsp3) is 0.125. The Morgan fingerprint density at radius 2 is 2.23 bits per heavy atom. The molecular weight excluding hydrogens is 259 g/mol. The molecule has 13 heavy (non-hydrogen) atoms. The summed E-state index contributed by atoms with van der Waals surface area (Å²) in [5.41, 5.74) is 0. The Hall–Kier alpha value is -0.740. The van der Waals surface area contributed by atoms with Crippen molar-refractivity contribution in [2.45, 2.75) is 0 Å². The van der Waals surface area contributed by atoms with Crippen molar-refractivity contribution in [1.82, 2.24) is 0 Å². The lowest BCUT2D eigenvalue weighted by Gasteiger charge is -2.08. The van der Waals surface area contributed by atoms with Gasteiger partial charge in [-0.2, -0.15) is 0 Å². The number of rotatable bonds is 3. The summed E-state index contributed by atoms with van der Waals surface area (Å²) in [5.74, 6) is 0.633. The topological polar surface area (TPSA) is 35.5 Å². The van der Waals surface area contributed by atoms with E-state index in [1.807, 2.05) is 0 Å². The molecule has 0 fully saturated rings. The maximum Gasteiger partial charge on any atom is 0.298 e. The number of ether oxygens (including phenoxy) is 2. The molecule has 1 rings (SSSR count). The molecule has 0 heterocycles. The summed E-state index contributed by atoms with van der Waals surface area (Å²) in [7, 11) is 1.45. The third-order valence-electron chi connectivity index (χ3n) is 1.35. The number of hydrogen-bond donors (Lipinski definition) is 0. The van der Waals surface area contributed by atoms with Crippen molar-refractivity contribution in [3.8, 4) is 11.5 Å². The first-order valence-corrected chi connectivity index (χ1v) is 4.49. The van der Waals surface area contributed by atoms with Crippen molar-refractivity contribution in [2.24, 2.45) is 0 Å². The second-order valence-electron chi connectivity index (χ2n) is 2.13. The minimum Gasteiger partial charge on any atom is -0.491 e. The van der Waals surface area contributed by atoms with E-state index in [0.717, 1.165) is 4.47 Å². The Labute approximate surface area is 88.7 Å². The molecule has 0 saturated heterocycles. The van der Waals surface area contributed by atoms with Crippen LogP contribution in [0.4, 0.5) is 0 Å². The molecule has 0 radical (unpaired) electrons. The van der Waals surface area contributed by atoms with E-state index in [-0.39, 0.29) is 5.75 Å². The number of benzene rings is 1. The zero-order valence-corrected chi connectivity index (χ0v) is 9.05. The van der Waals surface area contributed by atoms with Crippen molar-refractivity contribution in [2.75, 3.05) is 7.11 Å². The Kier molecular flexibility index (Phi) is 3.57. The zero-order valence-electron chi connectivity index (χ0n) is 6.71. The molecule has 0 N–H and O–H groups in total. The van der Waals surface area contributed by atoms with Crippen LogP contribution >= 0.6 is 27.5 Å². The van der Waals surface area contributed by atoms with Gasteiger partial charge in [-0.05, 0) is 12.1 Å². The Morgan fingerprint density at radius 3 is 2.77 bits per heavy atom. The molecule has 0 aromatic heterocycles. The summed E-state index contributed by atoms with van der Waals surface area (Å²) in [4.78, 5) is 10.1. The Bertz CT molecular complexity index is 327. The van der Waals surface area contributed by atoms with Crippen molar-refractivity contribution >= 4 is 34.0 Å². The maximum atomic E-state index is 10.1. The van der Waals surface area contributed by atoms with Crippen LogP contribution in [0.15, 0.2) is 16.6 Å². The van der Waals surface area contributed by atoms with Gasteiger partial charge in [0.05, 0.1) is 12.1 Å². The highest BCUT2D eigenvalue weighted by Gasteiger charge is 2.10. The van der Waals surface area contributed by atoms with Gasteiger partial charge in [-0.3, -0.25) is 4.79 Å². The van der Waals surface area contributed by atoms with E-state index in [4.69, 9.17) is 16.3 Å². The third kappa shape index (κ3) is 2.35. The average Bonchev–Trinajstić information content (AvgIpc) is 2.04. The van der Waals surface area contributed by atoms with E-state index in [1.54, 1.807) is 12.1 Å². The lowest BCUT2D eigenvalue weighted by atomic mass is 10.3. The minimum absolute atomic E-state index is 0.289. The van der Waals surface area contributed by atoms with Crippen LogP contribution < -0.4 is 9.47 Å². The molecule has 5 heteroatoms. The molecule has 1 aromatic rings. The fourth-order valence-electron chi connectivity index (χ4n) is 0.874. The van der Waals surface area contributed by atoms with E-state index in [2.05, 4.69) is 20.7 Å². The van der Waals surface area contributed by atoms with Gasteiger partial charge < -0.3 is 9.47 Å². The highest BCUT2D eigenvalue weighted by atomic mass is 79.9. The summed E-state index contributed by atoms with van der Waals surface area (Å²) in [6.07, 6.45) is 0. The van der Waals surface area contributed by atoms with Crippen LogP contribution in [0.5, 0.6) is 11.5 Å². The molecule has 0 aliphatic rings. The summed E-state index contributed by atoms with van der Waals surface area (Å²) in [6.45, 7) is 0.320. The highest BCUT2D eigenvalue weighted by molar-refractivity contribution is 9.10. The van der Waals surface area contributed by atoms with Gasteiger partial charge in [-0.15, -0.1) is 0 Å². The van der Waals surface area contributed by atoms with Crippen molar-refractivity contribution < 1.29 is 14.3 Å². The molecular formula is C8H6BrClO3. The van der Waals surface area contributed by atoms with Crippen LogP contribution in [0.1, 0.15) is 0 Å². The summed E-state index contributed by atoms with van der Waals surface area (Å²) in [5, 5.41) is 0.383. The van der Waals surface area contributed by atoms with E-state index in [0.29, 0.717) is 17.2 Å². The lowest BCUT2D eigenvalue weighted by molar-refractivity contribution is -0.120. The average molecular weight is 265 g/mol. The van der Waals surface area contributed by atoms with Gasteiger partial charge in [0.1, 0.15) is 0 Å². The minimum atomic E-state index is 0.289. The van der Waals surface area contributed by atoms with Gasteiger partial charge >= 0.3 is 0 Å². The number of carbonyl (C=O) groups is 1. The van der Waals surface area contributed by atoms with Crippen LogP contribution in [0, 0.1) is 0 Å². The summed E-state index contributed by atoms with van der Waals surface area (Å²) >= 11 is 9.03. The van der Waals surface area contributed by atoms with Gasteiger partial charge in [0.2, 0.25) is 0 Å². The van der Waals surface area contributed by atoms with Crippen molar-refractivity contribution in [1.29, 1.82) is 0 Å². The normalized spacial score (nSPS) is 9.46. The second kappa shape index (κ2) is 4.48. The van der Waals surface area contributed by atoms with Crippen LogP contribution in [-0.2, 0) is 4.79 Å². The number of halogens is 2. The Morgan fingerprint density at radius 1 is 1.54 bits per heavy atom. The molecule has 0 amide bonds. The van der Waals surface area contributed by atoms with Crippen molar-refractivity contribution in [3.63, 3.8) is 0 Å². The Balaban J connectivity index is 3.20. The van der Waals surface area contributed by atoms with Crippen LogP contribution in [-0.4, -0.2) is 13.6 Å². The van der Waals surface area contributed by atoms with Gasteiger partial charge in [0, 0.05) is 4.47 Å². The van der Waals surface area contributed by atoms with E-state index < -0.39 is 0 Å². The molecule has 3 nitrogen and oxygen atoms in total. The third-order valence-corrected chi connectivity index (χ3v) is 2.09. The van der Waals surface area contributed by atoms with E-state index in [9.17, 15) is 4.79 Å². The van der Waals surface area contributed by atoms with E-state index in [1.165, 1.54) is 7.11 Å². The zero-order chi connectivity index (χ0) is 9.84. The standard InChI is InChI=1S/C8H6BrClO3/c1-12-8-6(10)2-5(9)3-7(8)13-4-11/h2-4H,1H3. The predicted molar refractivity (Wildman–Crippen MR) is 52.4 cm³/mol. The smallest absolute Gasteiger partial charge is 0.298 e. The first kappa shape index (κ1) is 10.3. The van der Waals surface area contributed by atoms with Gasteiger partial charge in [-0.25, -0.2) is 0 Å². The van der Waals surface area contributed by atoms with Crippen molar-refractivity contribution in [3.05, 3.63) is 21.6 Å². The summed E-state index contributed by atoms with van der Waals surface area (Å²) in [6, 6.07) is 3.25. The van der Waals surface area contributed by atoms with Crippen LogP contribution in [0.25, 0.3) is 0 Å². The first-order valence-electron chi connectivity index (χ1n) is 3.32. The first-order chi connectivity index (χ1) is 6.19. The highest BCUT2D eigenvalue weighted by Crippen LogP contribution is 2.37. The molecule has 0 spiro atoms. The molecule has 0 aliphatic heterocycles. The summed E-state index contributed by atoms with van der Waals surface area (Å²) < 4.78 is 10.3. The number of methoxy groups -OCH3 is 1. The fourth-order valence-corrected chi connectivity index (χ4v) is 1.73. The monoisotopic (exact) mass is 264 g/mol. The predicted octanol–water partition coefficient (Wildman–Crippen LogP) is 2.65. The maximum absolute atomic E-state index is 10.1. The van der Waals surface area contributed by atoms with Crippen LogP contribution in [0.3, 0.4) is 0 Å². The molecule has 0 atom stereocenters. The largest absolute Gasteiger partial charge is 0.491 e. The second-order valence-corrected chi connectivity index (χ2v) is 3.46. The number of carbonyl (C=O) groups excluding carboxylic acids is 1. The molecule has 0 saturated carbocycles. The molecule has 0 unspecified atom stereocenters. The molecule has 0 bridgehead atoms. The van der Waals surface area contributed by atoms with Crippen LogP contribution in [0.2, 0.25) is 5.02 Å². The molecule has 0 aliphatic carbocycles. The quantitative estimate of drug-likeness (QED) is 0.788. The molecule has 70 valence electrons. The van der Waals surface area contributed by atoms with Gasteiger partial charge in [-0.1, -0.05) is 27.5 Å².